The number of aromatic nitrogens is 2. The molecule has 0 saturated carbocycles. The van der Waals surface area contributed by atoms with Gasteiger partial charge < -0.3 is 25.8 Å². The van der Waals surface area contributed by atoms with Crippen LogP contribution in [0.4, 0.5) is 11.5 Å². The number of amides is 1. The maximum atomic E-state index is 11.1. The zero-order valence-electron chi connectivity index (χ0n) is 20.9. The third-order valence-electron chi connectivity index (χ3n) is 7.33. The minimum Gasteiger partial charge on any atom is -0.481 e. The summed E-state index contributed by atoms with van der Waals surface area (Å²) in [6.45, 7) is 3.08. The van der Waals surface area contributed by atoms with Crippen LogP contribution >= 0.6 is 0 Å². The zero-order valence-corrected chi connectivity index (χ0v) is 20.9. The molecule has 2 aromatic carbocycles. The van der Waals surface area contributed by atoms with Crippen LogP contribution in [0.1, 0.15) is 48.3 Å². The van der Waals surface area contributed by atoms with Crippen LogP contribution in [0.2, 0.25) is 0 Å². The van der Waals surface area contributed by atoms with Crippen LogP contribution in [-0.2, 0) is 17.8 Å². The monoisotopic (exact) mass is 497 g/mol. The van der Waals surface area contributed by atoms with E-state index >= 15 is 0 Å². The van der Waals surface area contributed by atoms with E-state index in [-0.39, 0.29) is 30.6 Å². The molecule has 5 rings (SSSR count). The van der Waals surface area contributed by atoms with Crippen molar-refractivity contribution in [3.63, 3.8) is 0 Å². The molecule has 2 aliphatic rings. The molecule has 0 radical (unpaired) electrons. The molecule has 1 amide bonds. The lowest BCUT2D eigenvalue weighted by molar-refractivity contribution is -0.114. The Morgan fingerprint density at radius 1 is 1.22 bits per heavy atom. The van der Waals surface area contributed by atoms with Crippen LogP contribution in [0.15, 0.2) is 54.7 Å². The van der Waals surface area contributed by atoms with Gasteiger partial charge in [-0.2, -0.15) is 0 Å². The van der Waals surface area contributed by atoms with Crippen LogP contribution in [0.3, 0.4) is 0 Å². The molecule has 0 bridgehead atoms. The SMILES string of the molecule is CC(=O)Nc1ccc(OCC#Cc2cnc(N3CCC4(CC3)Cc3ccccc3[C@H]4N)c(CO)n2)cc1. The summed E-state index contributed by atoms with van der Waals surface area (Å²) in [5.41, 5.74) is 11.2. The third kappa shape index (κ3) is 5.29. The summed E-state index contributed by atoms with van der Waals surface area (Å²) in [7, 11) is 0. The van der Waals surface area contributed by atoms with Crippen LogP contribution in [-0.4, -0.2) is 40.7 Å². The highest BCUT2D eigenvalue weighted by Crippen LogP contribution is 2.50. The molecule has 190 valence electrons. The van der Waals surface area contributed by atoms with Crippen molar-refractivity contribution in [3.05, 3.63) is 77.2 Å². The average molecular weight is 498 g/mol. The molecule has 4 N–H and O–H groups in total. The Balaban J connectivity index is 1.19. The summed E-state index contributed by atoms with van der Waals surface area (Å²) in [6, 6.07) is 15.6. The smallest absolute Gasteiger partial charge is 0.221 e. The number of benzene rings is 2. The molecular formula is C29H31N5O3. The minimum absolute atomic E-state index is 0.0595. The van der Waals surface area contributed by atoms with E-state index in [9.17, 15) is 9.90 Å². The number of ether oxygens (including phenoxy) is 1. The number of nitrogens with zero attached hydrogens (tertiary/aromatic N) is 3. The van der Waals surface area contributed by atoms with Gasteiger partial charge in [0.05, 0.1) is 12.8 Å². The molecule has 37 heavy (non-hydrogen) atoms. The lowest BCUT2D eigenvalue weighted by atomic mass is 9.73. The summed E-state index contributed by atoms with van der Waals surface area (Å²) in [5.74, 6) is 7.14. The van der Waals surface area contributed by atoms with Crippen molar-refractivity contribution in [1.29, 1.82) is 0 Å². The number of aliphatic hydroxyl groups is 1. The summed E-state index contributed by atoms with van der Waals surface area (Å²) in [6.07, 6.45) is 4.61. The maximum Gasteiger partial charge on any atom is 0.221 e. The number of carbonyl (C=O) groups excluding carboxylic acids is 1. The van der Waals surface area contributed by atoms with Crippen LogP contribution in [0.5, 0.6) is 5.75 Å². The number of hydrogen-bond donors (Lipinski definition) is 3. The van der Waals surface area contributed by atoms with Gasteiger partial charge in [0, 0.05) is 31.7 Å². The highest BCUT2D eigenvalue weighted by molar-refractivity contribution is 5.88. The van der Waals surface area contributed by atoms with E-state index in [4.69, 9.17) is 10.5 Å². The number of fused-ring (bicyclic) bond motifs is 1. The molecule has 1 aromatic heterocycles. The van der Waals surface area contributed by atoms with E-state index in [1.807, 2.05) is 0 Å². The quantitative estimate of drug-likeness (QED) is 0.464. The standard InChI is InChI=1S/C29H31N5O3/c1-20(36)32-22-8-10-24(11-9-22)37-16-4-6-23-18-31-28(26(19-35)33-23)34-14-12-29(13-15-34)17-21-5-2-3-7-25(21)27(29)30/h2-3,5,7-11,18,27,35H,12-17,19,30H2,1H3,(H,32,36)/t27-/m1/s1. The first-order valence-corrected chi connectivity index (χ1v) is 12.5. The van der Waals surface area contributed by atoms with Gasteiger partial charge in [-0.3, -0.25) is 4.79 Å². The van der Waals surface area contributed by atoms with Gasteiger partial charge in [0.2, 0.25) is 5.91 Å². The van der Waals surface area contributed by atoms with Crippen LogP contribution in [0, 0.1) is 17.3 Å². The molecular weight excluding hydrogens is 466 g/mol. The van der Waals surface area contributed by atoms with Gasteiger partial charge in [-0.15, -0.1) is 0 Å². The Morgan fingerprint density at radius 3 is 2.68 bits per heavy atom. The van der Waals surface area contributed by atoms with E-state index in [1.165, 1.54) is 18.1 Å². The number of hydrogen-bond acceptors (Lipinski definition) is 7. The van der Waals surface area contributed by atoms with E-state index in [2.05, 4.69) is 56.3 Å². The third-order valence-corrected chi connectivity index (χ3v) is 7.33. The number of anilines is 2. The van der Waals surface area contributed by atoms with Crippen molar-refractivity contribution in [3.8, 4) is 17.6 Å². The Morgan fingerprint density at radius 2 is 1.97 bits per heavy atom. The van der Waals surface area contributed by atoms with Crippen molar-refractivity contribution in [2.75, 3.05) is 29.9 Å². The number of aliphatic hydroxyl groups excluding tert-OH is 1. The number of carbonyl (C=O) groups is 1. The Hall–Kier alpha value is -3.93. The summed E-state index contributed by atoms with van der Waals surface area (Å²) < 4.78 is 5.64. The Kier molecular flexibility index (Phi) is 7.08. The predicted octanol–water partition coefficient (Wildman–Crippen LogP) is 3.20. The summed E-state index contributed by atoms with van der Waals surface area (Å²) in [4.78, 5) is 22.5. The van der Waals surface area contributed by atoms with E-state index in [0.717, 1.165) is 32.4 Å². The van der Waals surface area contributed by atoms with Crippen LogP contribution in [0.25, 0.3) is 0 Å². The summed E-state index contributed by atoms with van der Waals surface area (Å²) in [5, 5.41) is 12.7. The molecule has 1 spiro atoms. The first kappa shape index (κ1) is 24.8. The molecule has 1 aliphatic carbocycles. The second-order valence-electron chi connectivity index (χ2n) is 9.68. The zero-order chi connectivity index (χ0) is 25.8. The first-order valence-electron chi connectivity index (χ1n) is 12.5. The fraction of sp³-hybridized carbons (Fsp3) is 0.345. The molecule has 8 nitrogen and oxygen atoms in total. The van der Waals surface area contributed by atoms with Gasteiger partial charge in [-0.1, -0.05) is 30.2 Å². The van der Waals surface area contributed by atoms with E-state index in [1.54, 1.807) is 30.5 Å². The van der Waals surface area contributed by atoms with E-state index in [0.29, 0.717) is 28.6 Å². The van der Waals surface area contributed by atoms with Crippen molar-refractivity contribution in [2.45, 2.75) is 38.8 Å². The molecule has 0 unspecified atom stereocenters. The van der Waals surface area contributed by atoms with Gasteiger partial charge in [-0.05, 0) is 66.0 Å². The van der Waals surface area contributed by atoms with Gasteiger partial charge in [0.15, 0.2) is 5.82 Å². The topological polar surface area (TPSA) is 114 Å². The highest BCUT2D eigenvalue weighted by Gasteiger charge is 2.46. The van der Waals surface area contributed by atoms with Crippen molar-refractivity contribution < 1.29 is 14.6 Å². The molecule has 8 heteroatoms. The van der Waals surface area contributed by atoms with Crippen molar-refractivity contribution in [1.82, 2.24) is 9.97 Å². The van der Waals surface area contributed by atoms with Gasteiger partial charge in [0.25, 0.3) is 0 Å². The van der Waals surface area contributed by atoms with Gasteiger partial charge in [-0.25, -0.2) is 9.97 Å². The lowest BCUT2D eigenvalue weighted by Crippen LogP contribution is -2.45. The molecule has 1 saturated heterocycles. The number of nitrogens with two attached hydrogens (primary N) is 1. The van der Waals surface area contributed by atoms with Crippen molar-refractivity contribution in [2.24, 2.45) is 11.1 Å². The van der Waals surface area contributed by atoms with Gasteiger partial charge >= 0.3 is 0 Å². The van der Waals surface area contributed by atoms with E-state index < -0.39 is 0 Å². The fourth-order valence-corrected chi connectivity index (χ4v) is 5.40. The molecule has 3 aromatic rings. The fourth-order valence-electron chi connectivity index (χ4n) is 5.40. The largest absolute Gasteiger partial charge is 0.481 e. The lowest BCUT2D eigenvalue weighted by Gasteiger charge is -2.42. The first-order chi connectivity index (χ1) is 18.0. The maximum absolute atomic E-state index is 11.1. The number of nitrogens with one attached hydrogen (secondary N) is 1. The molecule has 1 aliphatic heterocycles. The molecule has 1 fully saturated rings. The number of rotatable bonds is 5. The average Bonchev–Trinajstić information content (AvgIpc) is 3.18. The highest BCUT2D eigenvalue weighted by atomic mass is 16.5. The van der Waals surface area contributed by atoms with Crippen LogP contribution < -0.4 is 20.7 Å². The Labute approximate surface area is 216 Å². The summed E-state index contributed by atoms with van der Waals surface area (Å²) >= 11 is 0. The normalized spacial score (nSPS) is 17.6. The minimum atomic E-state index is -0.207. The predicted molar refractivity (Wildman–Crippen MR) is 142 cm³/mol. The molecule has 1 atom stereocenters. The van der Waals surface area contributed by atoms with Gasteiger partial charge in [0.1, 0.15) is 23.7 Å². The Bertz CT molecular complexity index is 1340. The molecule has 2 heterocycles. The second kappa shape index (κ2) is 10.6. The number of piperidine rings is 1. The second-order valence-corrected chi connectivity index (χ2v) is 9.68. The van der Waals surface area contributed by atoms with Crippen molar-refractivity contribution >= 4 is 17.4 Å².